The van der Waals surface area contributed by atoms with E-state index in [0.29, 0.717) is 6.42 Å². The number of carbonyl (C=O) groups excluding carboxylic acids is 1. The number of unbranched alkanes of at least 4 members (excludes halogenated alkanes) is 5. The largest absolute Gasteiger partial charge is 0.481 e. The first-order valence-electron chi connectivity index (χ1n) is 9.09. The summed E-state index contributed by atoms with van der Waals surface area (Å²) >= 11 is 0. The van der Waals surface area contributed by atoms with Crippen LogP contribution in [0.3, 0.4) is 0 Å². The third-order valence-electron chi connectivity index (χ3n) is 3.91. The molecule has 0 saturated carbocycles. The van der Waals surface area contributed by atoms with Crippen LogP contribution >= 0.6 is 0 Å². The molecule has 0 aliphatic carbocycles. The van der Waals surface area contributed by atoms with Gasteiger partial charge in [-0.25, -0.2) is 0 Å². The number of aliphatic hydroxyl groups excluding tert-OH is 1. The molecule has 0 aromatic heterocycles. The Hall–Kier alpha value is -1.72. The maximum atomic E-state index is 10.5. The molecule has 1 aromatic carbocycles. The molecule has 0 aliphatic rings. The fourth-order valence-electron chi connectivity index (χ4n) is 2.64. The first-order valence-corrected chi connectivity index (χ1v) is 9.09. The third-order valence-corrected chi connectivity index (χ3v) is 3.91. The number of hydrogen-bond acceptors (Lipinski definition) is 4. The van der Waals surface area contributed by atoms with Gasteiger partial charge in [0.25, 0.3) is 0 Å². The number of carboxylic acid groups (broad SMARTS) is 1. The van der Waals surface area contributed by atoms with Crippen molar-refractivity contribution in [3.05, 3.63) is 35.9 Å². The van der Waals surface area contributed by atoms with Crippen LogP contribution in [0.15, 0.2) is 30.3 Å². The van der Waals surface area contributed by atoms with Gasteiger partial charge in [0.05, 0.1) is 0 Å². The number of benzene rings is 1. The van der Waals surface area contributed by atoms with Crippen molar-refractivity contribution in [1.82, 2.24) is 4.90 Å². The molecule has 0 spiro atoms. The second kappa shape index (κ2) is 17.1. The fraction of sp³-hybridized carbons (Fsp3) is 0.600. The Bertz CT molecular complexity index is 437. The number of carboxylic acids is 1. The molecule has 1 rings (SSSR count). The van der Waals surface area contributed by atoms with E-state index in [9.17, 15) is 9.59 Å². The summed E-state index contributed by atoms with van der Waals surface area (Å²) in [5.74, 6) is -0.707. The van der Waals surface area contributed by atoms with Gasteiger partial charge in [0, 0.05) is 26.5 Å². The minimum Gasteiger partial charge on any atom is -0.481 e. The van der Waals surface area contributed by atoms with Crippen LogP contribution in [0.4, 0.5) is 0 Å². The minimum absolute atomic E-state index is 0.268. The van der Waals surface area contributed by atoms with Crippen molar-refractivity contribution in [2.24, 2.45) is 0 Å². The maximum Gasteiger partial charge on any atom is 0.303 e. The second-order valence-electron chi connectivity index (χ2n) is 5.98. The molecule has 25 heavy (non-hydrogen) atoms. The molecular formula is C20H33NO4. The molecule has 0 radical (unpaired) electrons. The second-order valence-corrected chi connectivity index (χ2v) is 5.98. The average molecular weight is 351 g/mol. The summed E-state index contributed by atoms with van der Waals surface area (Å²) in [6.45, 7) is 2.97. The molecule has 5 nitrogen and oxygen atoms in total. The smallest absolute Gasteiger partial charge is 0.303 e. The van der Waals surface area contributed by atoms with Crippen LogP contribution in [0.25, 0.3) is 0 Å². The standard InChI is InChI=1S/C19H29NO3.CH4O/c21-16-10-2-1-8-14-20(15-9-4-7-13-19(22)23)17-18-11-5-3-6-12-18;1-2/h3,5-6,11-12,16H,1-2,4,7-10,13-15,17H2,(H,22,23);2H,1H3. The van der Waals surface area contributed by atoms with Crippen molar-refractivity contribution in [1.29, 1.82) is 0 Å². The molecule has 0 bridgehead atoms. The number of nitrogens with zero attached hydrogens (tertiary/aromatic N) is 1. The van der Waals surface area contributed by atoms with Crippen molar-refractivity contribution < 1.29 is 19.8 Å². The van der Waals surface area contributed by atoms with Gasteiger partial charge < -0.3 is 15.0 Å². The van der Waals surface area contributed by atoms with Crippen molar-refractivity contribution in [2.45, 2.75) is 57.9 Å². The van der Waals surface area contributed by atoms with E-state index in [4.69, 9.17) is 10.2 Å². The number of aliphatic hydroxyl groups is 1. The van der Waals surface area contributed by atoms with Gasteiger partial charge in [-0.1, -0.05) is 43.2 Å². The number of rotatable bonds is 14. The van der Waals surface area contributed by atoms with Gasteiger partial charge in [-0.3, -0.25) is 9.69 Å². The zero-order valence-corrected chi connectivity index (χ0v) is 15.4. The van der Waals surface area contributed by atoms with Gasteiger partial charge in [-0.15, -0.1) is 0 Å². The Kier molecular flexibility index (Phi) is 15.9. The number of aldehydes is 1. The third kappa shape index (κ3) is 14.3. The van der Waals surface area contributed by atoms with E-state index in [1.165, 1.54) is 5.56 Å². The van der Waals surface area contributed by atoms with Crippen LogP contribution in [-0.2, 0) is 16.1 Å². The molecule has 2 N–H and O–H groups in total. The molecule has 0 saturated heterocycles. The van der Waals surface area contributed by atoms with E-state index < -0.39 is 5.97 Å². The van der Waals surface area contributed by atoms with Crippen LogP contribution < -0.4 is 0 Å². The normalized spacial score (nSPS) is 10.2. The van der Waals surface area contributed by atoms with Crippen molar-refractivity contribution in [3.8, 4) is 0 Å². The van der Waals surface area contributed by atoms with Gasteiger partial charge in [-0.2, -0.15) is 0 Å². The molecular weight excluding hydrogens is 318 g/mol. The van der Waals surface area contributed by atoms with Gasteiger partial charge in [0.2, 0.25) is 0 Å². The van der Waals surface area contributed by atoms with Crippen molar-refractivity contribution in [2.75, 3.05) is 20.2 Å². The topological polar surface area (TPSA) is 77.8 Å². The van der Waals surface area contributed by atoms with Crippen LogP contribution in [0.1, 0.15) is 56.9 Å². The zero-order chi connectivity index (χ0) is 18.8. The summed E-state index contributed by atoms with van der Waals surface area (Å²) in [5, 5.41) is 15.7. The fourth-order valence-corrected chi connectivity index (χ4v) is 2.64. The number of carbonyl (C=O) groups is 2. The molecule has 0 fully saturated rings. The molecule has 0 amide bonds. The lowest BCUT2D eigenvalue weighted by Crippen LogP contribution is -2.25. The van der Waals surface area contributed by atoms with E-state index in [1.807, 2.05) is 6.07 Å². The summed E-state index contributed by atoms with van der Waals surface area (Å²) < 4.78 is 0. The maximum absolute atomic E-state index is 10.5. The molecule has 142 valence electrons. The number of hydrogen-bond donors (Lipinski definition) is 2. The quantitative estimate of drug-likeness (QED) is 0.396. The minimum atomic E-state index is -0.707. The van der Waals surface area contributed by atoms with Crippen molar-refractivity contribution in [3.63, 3.8) is 0 Å². The van der Waals surface area contributed by atoms with Crippen molar-refractivity contribution >= 4 is 12.3 Å². The first-order chi connectivity index (χ1) is 12.2. The molecule has 0 heterocycles. The van der Waals surface area contributed by atoms with Crippen LogP contribution in [0.2, 0.25) is 0 Å². The van der Waals surface area contributed by atoms with Gasteiger partial charge in [-0.05, 0) is 44.3 Å². The van der Waals surface area contributed by atoms with Crippen LogP contribution in [0, 0.1) is 0 Å². The summed E-state index contributed by atoms with van der Waals surface area (Å²) in [6.07, 6.45) is 7.84. The van der Waals surface area contributed by atoms with E-state index in [2.05, 4.69) is 29.2 Å². The van der Waals surface area contributed by atoms with E-state index in [1.54, 1.807) is 0 Å². The Morgan fingerprint density at radius 3 is 2.12 bits per heavy atom. The van der Waals surface area contributed by atoms with Crippen LogP contribution in [-0.4, -0.2) is 47.6 Å². The van der Waals surface area contributed by atoms with Gasteiger partial charge in [0.15, 0.2) is 0 Å². The van der Waals surface area contributed by atoms with Gasteiger partial charge in [0.1, 0.15) is 6.29 Å². The lowest BCUT2D eigenvalue weighted by Gasteiger charge is -2.22. The predicted octanol–water partition coefficient (Wildman–Crippen LogP) is 3.50. The lowest BCUT2D eigenvalue weighted by atomic mass is 10.1. The van der Waals surface area contributed by atoms with E-state index in [0.717, 1.165) is 71.6 Å². The predicted molar refractivity (Wildman–Crippen MR) is 100 cm³/mol. The Morgan fingerprint density at radius 1 is 0.960 bits per heavy atom. The van der Waals surface area contributed by atoms with E-state index >= 15 is 0 Å². The monoisotopic (exact) mass is 351 g/mol. The van der Waals surface area contributed by atoms with E-state index in [-0.39, 0.29) is 6.42 Å². The summed E-state index contributed by atoms with van der Waals surface area (Å²) in [5.41, 5.74) is 1.31. The summed E-state index contributed by atoms with van der Waals surface area (Å²) in [7, 11) is 1.00. The molecule has 0 atom stereocenters. The lowest BCUT2D eigenvalue weighted by molar-refractivity contribution is -0.137. The highest BCUT2D eigenvalue weighted by molar-refractivity contribution is 5.66. The summed E-state index contributed by atoms with van der Waals surface area (Å²) in [6, 6.07) is 10.4. The Balaban J connectivity index is 0.00000277. The molecule has 0 aliphatic heterocycles. The average Bonchev–Trinajstić information content (AvgIpc) is 2.63. The highest BCUT2D eigenvalue weighted by atomic mass is 16.4. The Morgan fingerprint density at radius 2 is 1.56 bits per heavy atom. The Labute approximate surface area is 151 Å². The first kappa shape index (κ1) is 23.3. The molecule has 0 unspecified atom stereocenters. The summed E-state index contributed by atoms with van der Waals surface area (Å²) in [4.78, 5) is 23.3. The van der Waals surface area contributed by atoms with Crippen LogP contribution in [0.5, 0.6) is 0 Å². The number of aliphatic carboxylic acids is 1. The highest BCUT2D eigenvalue weighted by Gasteiger charge is 2.06. The molecule has 5 heteroatoms. The van der Waals surface area contributed by atoms with Gasteiger partial charge >= 0.3 is 5.97 Å². The molecule has 1 aromatic rings. The zero-order valence-electron chi connectivity index (χ0n) is 15.4. The SMILES string of the molecule is CO.O=CCCCCCN(CCCCCC(=O)O)Cc1ccccc1. The highest BCUT2D eigenvalue weighted by Crippen LogP contribution is 2.10.